The third kappa shape index (κ3) is 4.38. The fraction of sp³-hybridized carbons (Fsp3) is 0.200. The van der Waals surface area contributed by atoms with Crippen LogP contribution in [0.2, 0.25) is 0 Å². The molecule has 0 unspecified atom stereocenters. The molecule has 0 aliphatic heterocycles. The molecule has 0 atom stereocenters. The average molecular weight is 284 g/mol. The number of nitrogens with one attached hydrogen (secondary N) is 2. The maximum atomic E-state index is 11.9. The van der Waals surface area contributed by atoms with Crippen LogP contribution in [0.3, 0.4) is 0 Å². The Labute approximate surface area is 122 Å². The molecule has 6 nitrogen and oxygen atoms in total. The molecule has 2 N–H and O–H groups in total. The number of carbonyl (C=O) groups is 2. The van der Waals surface area contributed by atoms with Gasteiger partial charge in [0.25, 0.3) is 5.91 Å². The zero-order valence-corrected chi connectivity index (χ0v) is 11.7. The maximum Gasteiger partial charge on any atom is 0.252 e. The number of hydrogen-bond donors (Lipinski definition) is 2. The smallest absolute Gasteiger partial charge is 0.252 e. The van der Waals surface area contributed by atoms with Gasteiger partial charge in [0, 0.05) is 32.4 Å². The summed E-state index contributed by atoms with van der Waals surface area (Å²) in [4.78, 5) is 31.0. The van der Waals surface area contributed by atoms with Gasteiger partial charge in [0.05, 0.1) is 17.0 Å². The van der Waals surface area contributed by atoms with Gasteiger partial charge >= 0.3 is 0 Å². The molecule has 108 valence electrons. The van der Waals surface area contributed by atoms with Gasteiger partial charge in [-0.2, -0.15) is 0 Å². The van der Waals surface area contributed by atoms with Crippen molar-refractivity contribution in [2.75, 3.05) is 13.1 Å². The van der Waals surface area contributed by atoms with E-state index in [1.54, 1.807) is 18.3 Å². The van der Waals surface area contributed by atoms with Crippen LogP contribution in [0.5, 0.6) is 0 Å². The molecule has 21 heavy (non-hydrogen) atoms. The van der Waals surface area contributed by atoms with E-state index < -0.39 is 0 Å². The highest BCUT2D eigenvalue weighted by atomic mass is 16.2. The van der Waals surface area contributed by atoms with Crippen LogP contribution >= 0.6 is 0 Å². The van der Waals surface area contributed by atoms with Gasteiger partial charge < -0.3 is 10.6 Å². The Morgan fingerprint density at radius 2 is 1.76 bits per heavy atom. The Kier molecular flexibility index (Phi) is 4.98. The normalized spacial score (nSPS) is 9.95. The summed E-state index contributed by atoms with van der Waals surface area (Å²) in [7, 11) is 0. The monoisotopic (exact) mass is 284 g/mol. The summed E-state index contributed by atoms with van der Waals surface area (Å²) in [5, 5.41) is 5.31. The Morgan fingerprint density at radius 1 is 1.00 bits per heavy atom. The third-order valence-electron chi connectivity index (χ3n) is 2.74. The SMILES string of the molecule is CC(=O)NCCNC(=O)c1ccc(-c2ccccn2)nc1. The van der Waals surface area contributed by atoms with Crippen molar-refractivity contribution in [2.45, 2.75) is 6.92 Å². The van der Waals surface area contributed by atoms with Crippen LogP contribution in [0.25, 0.3) is 11.4 Å². The molecule has 0 aliphatic carbocycles. The Balaban J connectivity index is 1.93. The van der Waals surface area contributed by atoms with Crippen molar-refractivity contribution in [3.8, 4) is 11.4 Å². The van der Waals surface area contributed by atoms with E-state index in [0.29, 0.717) is 24.3 Å². The zero-order valence-electron chi connectivity index (χ0n) is 11.7. The quantitative estimate of drug-likeness (QED) is 0.803. The van der Waals surface area contributed by atoms with Crippen LogP contribution in [0.1, 0.15) is 17.3 Å². The molecule has 2 aromatic heterocycles. The molecule has 0 spiro atoms. The Morgan fingerprint density at radius 3 is 2.38 bits per heavy atom. The van der Waals surface area contributed by atoms with Crippen LogP contribution in [0.15, 0.2) is 42.7 Å². The minimum absolute atomic E-state index is 0.120. The fourth-order valence-electron chi connectivity index (χ4n) is 1.71. The standard InChI is InChI=1S/C15H16N4O2/c1-11(20)16-8-9-18-15(21)12-5-6-14(19-10-12)13-4-2-3-7-17-13/h2-7,10H,8-9H2,1H3,(H,16,20)(H,18,21). The molecule has 2 heterocycles. The molecule has 2 aromatic rings. The number of amides is 2. The van der Waals surface area contributed by atoms with E-state index >= 15 is 0 Å². The predicted molar refractivity (Wildman–Crippen MR) is 78.5 cm³/mol. The Bertz CT molecular complexity index is 611. The molecular formula is C15H16N4O2. The first-order valence-electron chi connectivity index (χ1n) is 6.57. The highest BCUT2D eigenvalue weighted by Crippen LogP contribution is 2.13. The summed E-state index contributed by atoms with van der Waals surface area (Å²) in [6, 6.07) is 9.03. The first kappa shape index (κ1) is 14.6. The van der Waals surface area contributed by atoms with E-state index in [2.05, 4.69) is 20.6 Å². The fourth-order valence-corrected chi connectivity index (χ4v) is 1.71. The van der Waals surface area contributed by atoms with Crippen molar-refractivity contribution < 1.29 is 9.59 Å². The number of rotatable bonds is 5. The molecule has 0 radical (unpaired) electrons. The van der Waals surface area contributed by atoms with Crippen LogP contribution in [0.4, 0.5) is 0 Å². The van der Waals surface area contributed by atoms with E-state index in [1.165, 1.54) is 13.1 Å². The number of hydrogen-bond acceptors (Lipinski definition) is 4. The number of nitrogens with zero attached hydrogens (tertiary/aromatic N) is 2. The number of carbonyl (C=O) groups excluding carboxylic acids is 2. The lowest BCUT2D eigenvalue weighted by Crippen LogP contribution is -2.33. The molecule has 0 bridgehead atoms. The summed E-state index contributed by atoms with van der Waals surface area (Å²) >= 11 is 0. The summed E-state index contributed by atoms with van der Waals surface area (Å²) in [6.07, 6.45) is 3.21. The second-order valence-corrected chi connectivity index (χ2v) is 4.39. The van der Waals surface area contributed by atoms with Crippen molar-refractivity contribution >= 4 is 11.8 Å². The first-order chi connectivity index (χ1) is 10.2. The van der Waals surface area contributed by atoms with Crippen LogP contribution in [0, 0.1) is 0 Å². The van der Waals surface area contributed by atoms with E-state index in [4.69, 9.17) is 0 Å². The summed E-state index contributed by atoms with van der Waals surface area (Å²) < 4.78 is 0. The highest BCUT2D eigenvalue weighted by Gasteiger charge is 2.06. The lowest BCUT2D eigenvalue weighted by Gasteiger charge is -2.06. The van der Waals surface area contributed by atoms with Gasteiger partial charge in [0.2, 0.25) is 5.91 Å². The van der Waals surface area contributed by atoms with Crippen molar-refractivity contribution in [1.82, 2.24) is 20.6 Å². The largest absolute Gasteiger partial charge is 0.355 e. The Hall–Kier alpha value is -2.76. The molecule has 0 aromatic carbocycles. The van der Waals surface area contributed by atoms with E-state index in [-0.39, 0.29) is 11.8 Å². The van der Waals surface area contributed by atoms with Gasteiger partial charge in [-0.25, -0.2) is 0 Å². The van der Waals surface area contributed by atoms with Gasteiger partial charge in [-0.3, -0.25) is 19.6 Å². The summed E-state index contributed by atoms with van der Waals surface area (Å²) in [6.45, 7) is 2.21. The van der Waals surface area contributed by atoms with Crippen molar-refractivity contribution in [1.29, 1.82) is 0 Å². The lowest BCUT2D eigenvalue weighted by molar-refractivity contribution is -0.118. The molecule has 0 saturated heterocycles. The van der Waals surface area contributed by atoms with Gasteiger partial charge in [0.15, 0.2) is 0 Å². The van der Waals surface area contributed by atoms with Crippen molar-refractivity contribution in [3.63, 3.8) is 0 Å². The average Bonchev–Trinajstić information content (AvgIpc) is 2.52. The minimum atomic E-state index is -0.222. The maximum absolute atomic E-state index is 11.9. The van der Waals surface area contributed by atoms with Crippen LogP contribution < -0.4 is 10.6 Å². The van der Waals surface area contributed by atoms with Gasteiger partial charge in [-0.05, 0) is 24.3 Å². The lowest BCUT2D eigenvalue weighted by atomic mass is 10.2. The number of pyridine rings is 2. The van der Waals surface area contributed by atoms with E-state index in [1.807, 2.05) is 18.2 Å². The molecule has 2 rings (SSSR count). The van der Waals surface area contributed by atoms with Crippen LogP contribution in [-0.4, -0.2) is 34.9 Å². The van der Waals surface area contributed by atoms with Gasteiger partial charge in [0.1, 0.15) is 0 Å². The van der Waals surface area contributed by atoms with E-state index in [0.717, 1.165) is 5.69 Å². The topological polar surface area (TPSA) is 84.0 Å². The molecule has 6 heteroatoms. The molecular weight excluding hydrogens is 268 g/mol. The first-order valence-corrected chi connectivity index (χ1v) is 6.57. The summed E-state index contributed by atoms with van der Waals surface area (Å²) in [5.41, 5.74) is 1.94. The predicted octanol–water partition coefficient (Wildman–Crippen LogP) is 1.01. The second-order valence-electron chi connectivity index (χ2n) is 4.39. The van der Waals surface area contributed by atoms with Gasteiger partial charge in [-0.1, -0.05) is 6.07 Å². The van der Waals surface area contributed by atoms with Crippen molar-refractivity contribution in [3.05, 3.63) is 48.3 Å². The molecule has 0 saturated carbocycles. The third-order valence-corrected chi connectivity index (χ3v) is 2.74. The molecule has 2 amide bonds. The minimum Gasteiger partial charge on any atom is -0.355 e. The highest BCUT2D eigenvalue weighted by molar-refractivity contribution is 5.94. The molecule has 0 fully saturated rings. The molecule has 0 aliphatic rings. The van der Waals surface area contributed by atoms with E-state index in [9.17, 15) is 9.59 Å². The van der Waals surface area contributed by atoms with Crippen LogP contribution in [-0.2, 0) is 4.79 Å². The zero-order chi connectivity index (χ0) is 15.1. The second kappa shape index (κ2) is 7.14. The van der Waals surface area contributed by atoms with Crippen molar-refractivity contribution in [2.24, 2.45) is 0 Å². The number of aromatic nitrogens is 2. The van der Waals surface area contributed by atoms with Gasteiger partial charge in [-0.15, -0.1) is 0 Å². The summed E-state index contributed by atoms with van der Waals surface area (Å²) in [5.74, 6) is -0.342.